The number of nitrogen functional groups attached to an aromatic ring is 1. The van der Waals surface area contributed by atoms with Crippen LogP contribution in [0.15, 0.2) is 24.3 Å². The molecule has 8 nitrogen and oxygen atoms in total. The molecule has 0 unspecified atom stereocenters. The number of hydrogen-bond acceptors (Lipinski definition) is 6. The zero-order valence-electron chi connectivity index (χ0n) is 11.9. The van der Waals surface area contributed by atoms with Crippen LogP contribution in [0.1, 0.15) is 52.6 Å². The van der Waals surface area contributed by atoms with E-state index in [9.17, 15) is 34.5 Å². The van der Waals surface area contributed by atoms with Crippen molar-refractivity contribution in [3.63, 3.8) is 0 Å². The van der Waals surface area contributed by atoms with E-state index < -0.39 is 57.2 Å². The van der Waals surface area contributed by atoms with Gasteiger partial charge in [-0.15, -0.1) is 0 Å². The van der Waals surface area contributed by atoms with E-state index in [4.69, 9.17) is 5.73 Å². The average Bonchev–Trinajstić information content (AvgIpc) is 2.53. The molecule has 2 aromatic rings. The summed E-state index contributed by atoms with van der Waals surface area (Å²) in [5.74, 6) is -6.16. The molecule has 0 fully saturated rings. The lowest BCUT2D eigenvalue weighted by Crippen LogP contribution is -2.26. The summed E-state index contributed by atoms with van der Waals surface area (Å²) < 4.78 is 0. The number of benzene rings is 2. The monoisotopic (exact) mass is 327 g/mol. The van der Waals surface area contributed by atoms with Crippen molar-refractivity contribution in [2.24, 2.45) is 0 Å². The Morgan fingerprint density at radius 2 is 1.29 bits per heavy atom. The van der Waals surface area contributed by atoms with Crippen LogP contribution in [-0.4, -0.2) is 38.8 Å². The molecule has 0 atom stereocenters. The van der Waals surface area contributed by atoms with Gasteiger partial charge in [-0.3, -0.25) is 9.59 Å². The van der Waals surface area contributed by atoms with Crippen LogP contribution in [0, 0.1) is 0 Å². The maximum atomic E-state index is 12.6. The zero-order valence-corrected chi connectivity index (χ0v) is 11.9. The summed E-state index contributed by atoms with van der Waals surface area (Å²) in [7, 11) is 0. The van der Waals surface area contributed by atoms with Crippen LogP contribution in [0.2, 0.25) is 0 Å². The van der Waals surface area contributed by atoms with Gasteiger partial charge in [-0.1, -0.05) is 24.3 Å². The number of aromatic hydroxyl groups is 1. The highest BCUT2D eigenvalue weighted by atomic mass is 16.4. The molecule has 0 saturated carbocycles. The van der Waals surface area contributed by atoms with Crippen molar-refractivity contribution >= 4 is 29.2 Å². The van der Waals surface area contributed by atoms with Crippen LogP contribution in [0.25, 0.3) is 0 Å². The molecule has 0 radical (unpaired) electrons. The SMILES string of the molecule is Nc1c(C(=O)O)c(C(=O)O)c(O)c2c1C(=O)c1ccccc1C2=O. The predicted octanol–water partition coefficient (Wildman–Crippen LogP) is 1.15. The Labute approximate surface area is 133 Å². The summed E-state index contributed by atoms with van der Waals surface area (Å²) in [6.45, 7) is 0. The van der Waals surface area contributed by atoms with Gasteiger partial charge in [0.25, 0.3) is 0 Å². The first-order valence-electron chi connectivity index (χ1n) is 6.60. The molecule has 0 saturated heterocycles. The highest BCUT2D eigenvalue weighted by Gasteiger charge is 2.39. The summed E-state index contributed by atoms with van der Waals surface area (Å²) in [6, 6.07) is 5.72. The van der Waals surface area contributed by atoms with E-state index in [0.717, 1.165) is 0 Å². The minimum absolute atomic E-state index is 0.000476. The highest BCUT2D eigenvalue weighted by Crippen LogP contribution is 2.41. The smallest absolute Gasteiger partial charge is 0.340 e. The Hall–Kier alpha value is -3.68. The van der Waals surface area contributed by atoms with E-state index in [0.29, 0.717) is 0 Å². The molecule has 3 rings (SSSR count). The van der Waals surface area contributed by atoms with Gasteiger partial charge < -0.3 is 21.1 Å². The van der Waals surface area contributed by atoms with Crippen LogP contribution in [0.5, 0.6) is 5.75 Å². The van der Waals surface area contributed by atoms with Gasteiger partial charge in [-0.2, -0.15) is 0 Å². The van der Waals surface area contributed by atoms with E-state index in [1.54, 1.807) is 0 Å². The number of carbonyl (C=O) groups is 4. The first-order valence-corrected chi connectivity index (χ1v) is 6.60. The summed E-state index contributed by atoms with van der Waals surface area (Å²) in [5.41, 5.74) is 1.94. The van der Waals surface area contributed by atoms with Gasteiger partial charge in [0.2, 0.25) is 0 Å². The number of hydrogen-bond donors (Lipinski definition) is 4. The third-order valence-corrected chi connectivity index (χ3v) is 3.81. The molecule has 1 aliphatic rings. The molecule has 120 valence electrons. The Morgan fingerprint density at radius 1 is 0.833 bits per heavy atom. The van der Waals surface area contributed by atoms with Crippen molar-refractivity contribution < 1.29 is 34.5 Å². The largest absolute Gasteiger partial charge is 0.506 e. The fourth-order valence-electron chi connectivity index (χ4n) is 2.79. The van der Waals surface area contributed by atoms with E-state index in [1.165, 1.54) is 24.3 Å². The normalized spacial score (nSPS) is 12.5. The van der Waals surface area contributed by atoms with Gasteiger partial charge in [0.15, 0.2) is 11.6 Å². The number of nitrogens with two attached hydrogens (primary N) is 1. The molecule has 1 aliphatic carbocycles. The number of aromatic carboxylic acids is 2. The lowest BCUT2D eigenvalue weighted by Gasteiger charge is -2.22. The minimum Gasteiger partial charge on any atom is -0.506 e. The van der Waals surface area contributed by atoms with Crippen molar-refractivity contribution in [1.29, 1.82) is 0 Å². The molecule has 0 bridgehead atoms. The number of ketones is 2. The highest BCUT2D eigenvalue weighted by molar-refractivity contribution is 6.33. The number of fused-ring (bicyclic) bond motifs is 2. The average molecular weight is 327 g/mol. The molecule has 0 aromatic heterocycles. The summed E-state index contributed by atoms with van der Waals surface area (Å²) in [5, 5.41) is 28.6. The summed E-state index contributed by atoms with van der Waals surface area (Å²) in [4.78, 5) is 47.9. The van der Waals surface area contributed by atoms with E-state index in [2.05, 4.69) is 0 Å². The fraction of sp³-hybridized carbons (Fsp3) is 0. The number of carbonyl (C=O) groups excluding carboxylic acids is 2. The summed E-state index contributed by atoms with van der Waals surface area (Å²) >= 11 is 0. The van der Waals surface area contributed by atoms with Gasteiger partial charge in [0.1, 0.15) is 16.9 Å². The first kappa shape index (κ1) is 15.2. The minimum atomic E-state index is -1.78. The number of carboxylic acids is 2. The molecule has 0 spiro atoms. The molecule has 2 aromatic carbocycles. The molecular formula is C16H9NO7. The quantitative estimate of drug-likeness (QED) is 0.403. The van der Waals surface area contributed by atoms with Gasteiger partial charge in [-0.05, 0) is 0 Å². The van der Waals surface area contributed by atoms with E-state index >= 15 is 0 Å². The maximum absolute atomic E-state index is 12.6. The van der Waals surface area contributed by atoms with Crippen molar-refractivity contribution in [2.45, 2.75) is 0 Å². The van der Waals surface area contributed by atoms with Crippen LogP contribution in [0.4, 0.5) is 5.69 Å². The third-order valence-electron chi connectivity index (χ3n) is 3.81. The number of anilines is 1. The standard InChI is InChI=1S/C16H9NO7/c17-11-7-9(14(20)10(16(23)24)8(11)15(21)22)13(19)6-4-2-1-3-5(6)12(7)18/h1-4,20H,17H2,(H,21,22)(H,23,24). The molecular weight excluding hydrogens is 318 g/mol. The lowest BCUT2D eigenvalue weighted by molar-refractivity contribution is 0.0648. The van der Waals surface area contributed by atoms with Gasteiger partial charge in [-0.25, -0.2) is 9.59 Å². The fourth-order valence-corrected chi connectivity index (χ4v) is 2.79. The first-order chi connectivity index (χ1) is 11.3. The molecule has 5 N–H and O–H groups in total. The van der Waals surface area contributed by atoms with Crippen molar-refractivity contribution in [1.82, 2.24) is 0 Å². The Morgan fingerprint density at radius 3 is 1.75 bits per heavy atom. The van der Waals surface area contributed by atoms with Gasteiger partial charge in [0.05, 0.1) is 16.8 Å². The van der Waals surface area contributed by atoms with Gasteiger partial charge >= 0.3 is 11.9 Å². The van der Waals surface area contributed by atoms with Crippen LogP contribution >= 0.6 is 0 Å². The number of phenols is 1. The lowest BCUT2D eigenvalue weighted by atomic mass is 9.80. The number of carboxylic acid groups (broad SMARTS) is 2. The predicted molar refractivity (Wildman–Crippen MR) is 79.7 cm³/mol. The second-order valence-corrected chi connectivity index (χ2v) is 5.08. The molecule has 0 amide bonds. The Bertz CT molecular complexity index is 897. The topological polar surface area (TPSA) is 155 Å². The molecule has 24 heavy (non-hydrogen) atoms. The van der Waals surface area contributed by atoms with Gasteiger partial charge in [0, 0.05) is 11.1 Å². The number of rotatable bonds is 2. The van der Waals surface area contributed by atoms with E-state index in [1.807, 2.05) is 0 Å². The van der Waals surface area contributed by atoms with Crippen LogP contribution in [-0.2, 0) is 0 Å². The molecule has 0 aliphatic heterocycles. The van der Waals surface area contributed by atoms with Crippen molar-refractivity contribution in [3.05, 3.63) is 57.6 Å². The van der Waals surface area contributed by atoms with Crippen molar-refractivity contribution in [2.75, 3.05) is 5.73 Å². The third kappa shape index (κ3) is 1.80. The molecule has 0 heterocycles. The van der Waals surface area contributed by atoms with Crippen molar-refractivity contribution in [3.8, 4) is 5.75 Å². The van der Waals surface area contributed by atoms with E-state index in [-0.39, 0.29) is 11.1 Å². The Kier molecular flexibility index (Phi) is 3.12. The zero-order chi connectivity index (χ0) is 17.8. The molecule has 8 heteroatoms. The second kappa shape index (κ2) is 4.92. The summed E-state index contributed by atoms with van der Waals surface area (Å²) in [6.07, 6.45) is 0. The van der Waals surface area contributed by atoms with Crippen LogP contribution in [0.3, 0.4) is 0 Å². The maximum Gasteiger partial charge on any atom is 0.340 e. The van der Waals surface area contributed by atoms with Crippen LogP contribution < -0.4 is 5.73 Å². The Balaban J connectivity index is 2.50. The second-order valence-electron chi connectivity index (χ2n) is 5.08.